The standard InChI is InChI=1S/C15H15N3O2/c1-9-3-2-4-11(17)15(9)18-12-7-10(16)5-6-13(12)20-8-14(18)19/h2-7H,8,16-17H2,1H3. The molecule has 20 heavy (non-hydrogen) atoms. The molecule has 2 aromatic carbocycles. The molecule has 0 saturated heterocycles. The average molecular weight is 269 g/mol. The van der Waals surface area contributed by atoms with E-state index < -0.39 is 0 Å². The Labute approximate surface area is 116 Å². The van der Waals surface area contributed by atoms with Crippen LogP contribution in [-0.4, -0.2) is 12.5 Å². The van der Waals surface area contributed by atoms with E-state index in [0.29, 0.717) is 28.5 Å². The highest BCUT2D eigenvalue weighted by Crippen LogP contribution is 2.41. The molecule has 5 nitrogen and oxygen atoms in total. The van der Waals surface area contributed by atoms with Crippen molar-refractivity contribution in [1.29, 1.82) is 0 Å². The van der Waals surface area contributed by atoms with Gasteiger partial charge in [0.25, 0.3) is 5.91 Å². The van der Waals surface area contributed by atoms with Gasteiger partial charge in [-0.1, -0.05) is 12.1 Å². The molecule has 1 heterocycles. The van der Waals surface area contributed by atoms with Crippen LogP contribution < -0.4 is 21.1 Å². The first-order chi connectivity index (χ1) is 9.58. The summed E-state index contributed by atoms with van der Waals surface area (Å²) in [6, 6.07) is 10.8. The van der Waals surface area contributed by atoms with Crippen LogP contribution in [0.5, 0.6) is 5.75 Å². The van der Waals surface area contributed by atoms with E-state index in [1.807, 2.05) is 19.1 Å². The third-order valence-electron chi connectivity index (χ3n) is 3.32. The summed E-state index contributed by atoms with van der Waals surface area (Å²) in [7, 11) is 0. The molecule has 1 aliphatic rings. The van der Waals surface area contributed by atoms with Crippen molar-refractivity contribution in [3.8, 4) is 5.75 Å². The van der Waals surface area contributed by atoms with Crippen molar-refractivity contribution in [1.82, 2.24) is 0 Å². The van der Waals surface area contributed by atoms with Gasteiger partial charge in [-0.05, 0) is 36.8 Å². The lowest BCUT2D eigenvalue weighted by atomic mass is 10.1. The van der Waals surface area contributed by atoms with Gasteiger partial charge in [0.15, 0.2) is 6.61 Å². The number of anilines is 4. The number of hydrogen-bond donors (Lipinski definition) is 2. The largest absolute Gasteiger partial charge is 0.482 e. The second-order valence-corrected chi connectivity index (χ2v) is 4.76. The SMILES string of the molecule is Cc1cccc(N)c1N1C(=O)COc2ccc(N)cc21. The van der Waals surface area contributed by atoms with E-state index in [-0.39, 0.29) is 12.5 Å². The fraction of sp³-hybridized carbons (Fsp3) is 0.133. The van der Waals surface area contributed by atoms with Gasteiger partial charge in [-0.15, -0.1) is 0 Å². The molecule has 2 aromatic rings. The number of hydrogen-bond acceptors (Lipinski definition) is 4. The highest BCUT2D eigenvalue weighted by Gasteiger charge is 2.29. The summed E-state index contributed by atoms with van der Waals surface area (Å²) < 4.78 is 5.43. The fourth-order valence-corrected chi connectivity index (χ4v) is 2.40. The van der Waals surface area contributed by atoms with E-state index >= 15 is 0 Å². The molecule has 0 aliphatic carbocycles. The molecular formula is C15H15N3O2. The zero-order chi connectivity index (χ0) is 14.3. The van der Waals surface area contributed by atoms with Crippen molar-refractivity contribution in [2.75, 3.05) is 23.0 Å². The Kier molecular flexibility index (Phi) is 2.75. The predicted molar refractivity (Wildman–Crippen MR) is 79.1 cm³/mol. The lowest BCUT2D eigenvalue weighted by Crippen LogP contribution is -2.36. The molecule has 0 aromatic heterocycles. The minimum Gasteiger partial charge on any atom is -0.482 e. The molecule has 0 fully saturated rings. The molecule has 102 valence electrons. The minimum absolute atomic E-state index is 0.00923. The third-order valence-corrected chi connectivity index (χ3v) is 3.32. The molecule has 5 heteroatoms. The molecule has 0 spiro atoms. The molecular weight excluding hydrogens is 254 g/mol. The summed E-state index contributed by atoms with van der Waals surface area (Å²) in [5, 5.41) is 0. The van der Waals surface area contributed by atoms with E-state index in [4.69, 9.17) is 16.2 Å². The number of para-hydroxylation sites is 1. The van der Waals surface area contributed by atoms with Crippen molar-refractivity contribution in [3.63, 3.8) is 0 Å². The second-order valence-electron chi connectivity index (χ2n) is 4.76. The van der Waals surface area contributed by atoms with Gasteiger partial charge >= 0.3 is 0 Å². The molecule has 4 N–H and O–H groups in total. The Morgan fingerprint density at radius 3 is 2.75 bits per heavy atom. The van der Waals surface area contributed by atoms with Gasteiger partial charge in [0.1, 0.15) is 5.75 Å². The normalized spacial score (nSPS) is 13.8. The van der Waals surface area contributed by atoms with Crippen molar-refractivity contribution in [2.45, 2.75) is 6.92 Å². The predicted octanol–water partition coefficient (Wildman–Crippen LogP) is 2.22. The van der Waals surface area contributed by atoms with Crippen LogP contribution in [0.3, 0.4) is 0 Å². The van der Waals surface area contributed by atoms with Gasteiger partial charge in [0.05, 0.1) is 17.1 Å². The zero-order valence-corrected chi connectivity index (χ0v) is 11.1. The number of benzene rings is 2. The molecule has 3 rings (SSSR count). The number of fused-ring (bicyclic) bond motifs is 1. The number of aryl methyl sites for hydroxylation is 1. The highest BCUT2D eigenvalue weighted by atomic mass is 16.5. The molecule has 1 amide bonds. The Morgan fingerprint density at radius 2 is 2.00 bits per heavy atom. The van der Waals surface area contributed by atoms with Gasteiger partial charge < -0.3 is 16.2 Å². The maximum absolute atomic E-state index is 12.3. The van der Waals surface area contributed by atoms with Gasteiger partial charge in [0, 0.05) is 5.69 Å². The molecule has 0 atom stereocenters. The number of nitrogens with zero attached hydrogens (tertiary/aromatic N) is 1. The van der Waals surface area contributed by atoms with Crippen LogP contribution in [0.4, 0.5) is 22.7 Å². The number of rotatable bonds is 1. The van der Waals surface area contributed by atoms with Crippen LogP contribution in [0.1, 0.15) is 5.56 Å². The Hall–Kier alpha value is -2.69. The van der Waals surface area contributed by atoms with Crippen molar-refractivity contribution in [3.05, 3.63) is 42.0 Å². The highest BCUT2D eigenvalue weighted by molar-refractivity contribution is 6.07. The van der Waals surface area contributed by atoms with Crippen molar-refractivity contribution >= 4 is 28.7 Å². The number of ether oxygens (including phenoxy) is 1. The Bertz CT molecular complexity index is 677. The van der Waals surface area contributed by atoms with Crippen LogP contribution >= 0.6 is 0 Å². The monoisotopic (exact) mass is 269 g/mol. The Balaban J connectivity index is 2.24. The lowest BCUT2D eigenvalue weighted by molar-refractivity contribution is -0.120. The number of carbonyl (C=O) groups is 1. The molecule has 0 bridgehead atoms. The van der Waals surface area contributed by atoms with Gasteiger partial charge in [0.2, 0.25) is 0 Å². The summed E-state index contributed by atoms with van der Waals surface area (Å²) in [4.78, 5) is 13.9. The van der Waals surface area contributed by atoms with Gasteiger partial charge in [-0.3, -0.25) is 9.69 Å². The summed E-state index contributed by atoms with van der Waals surface area (Å²) in [6.45, 7) is 1.91. The van der Waals surface area contributed by atoms with Crippen LogP contribution in [0.15, 0.2) is 36.4 Å². The first-order valence-corrected chi connectivity index (χ1v) is 6.28. The van der Waals surface area contributed by atoms with Gasteiger partial charge in [-0.2, -0.15) is 0 Å². The van der Waals surface area contributed by atoms with E-state index in [2.05, 4.69) is 0 Å². The van der Waals surface area contributed by atoms with Crippen molar-refractivity contribution < 1.29 is 9.53 Å². The average Bonchev–Trinajstić information content (AvgIpc) is 2.41. The molecule has 1 aliphatic heterocycles. The van der Waals surface area contributed by atoms with E-state index in [1.165, 1.54) is 0 Å². The number of amides is 1. The van der Waals surface area contributed by atoms with Gasteiger partial charge in [-0.25, -0.2) is 0 Å². The first kappa shape index (κ1) is 12.3. The topological polar surface area (TPSA) is 81.6 Å². The van der Waals surface area contributed by atoms with Crippen LogP contribution in [0.25, 0.3) is 0 Å². The van der Waals surface area contributed by atoms with Crippen molar-refractivity contribution in [2.24, 2.45) is 0 Å². The van der Waals surface area contributed by atoms with E-state index in [9.17, 15) is 4.79 Å². The summed E-state index contributed by atoms with van der Waals surface area (Å²) in [5.41, 5.74) is 15.2. The molecule has 0 unspecified atom stereocenters. The smallest absolute Gasteiger partial charge is 0.269 e. The summed E-state index contributed by atoms with van der Waals surface area (Å²) in [5.74, 6) is 0.463. The Morgan fingerprint density at radius 1 is 1.20 bits per heavy atom. The minimum atomic E-state index is -0.163. The quantitative estimate of drug-likeness (QED) is 0.778. The first-order valence-electron chi connectivity index (χ1n) is 6.28. The van der Waals surface area contributed by atoms with Crippen LogP contribution in [0.2, 0.25) is 0 Å². The fourth-order valence-electron chi connectivity index (χ4n) is 2.40. The van der Waals surface area contributed by atoms with E-state index in [1.54, 1.807) is 29.2 Å². The summed E-state index contributed by atoms with van der Waals surface area (Å²) in [6.07, 6.45) is 0. The number of nitrogens with two attached hydrogens (primary N) is 2. The maximum atomic E-state index is 12.3. The number of carbonyl (C=O) groups excluding carboxylic acids is 1. The maximum Gasteiger partial charge on any atom is 0.269 e. The second kappa shape index (κ2) is 4.45. The molecule has 0 radical (unpaired) electrons. The van der Waals surface area contributed by atoms with Crippen LogP contribution in [0, 0.1) is 6.92 Å². The van der Waals surface area contributed by atoms with E-state index in [0.717, 1.165) is 5.56 Å². The summed E-state index contributed by atoms with van der Waals surface area (Å²) >= 11 is 0. The van der Waals surface area contributed by atoms with Crippen LogP contribution in [-0.2, 0) is 4.79 Å². The molecule has 0 saturated carbocycles. The third kappa shape index (κ3) is 1.84. The zero-order valence-electron chi connectivity index (χ0n) is 11.1. The number of nitrogen functional groups attached to an aromatic ring is 2. The lowest BCUT2D eigenvalue weighted by Gasteiger charge is -2.31.